The van der Waals surface area contributed by atoms with E-state index in [1.807, 2.05) is 0 Å². The van der Waals surface area contributed by atoms with Crippen molar-refractivity contribution < 1.29 is 24.2 Å². The second kappa shape index (κ2) is 6.90. The summed E-state index contributed by atoms with van der Waals surface area (Å²) in [5.74, 6) is -0.423. The standard InChI is InChI=1S/C21H19BN3O5S/c1-20-14(26)9-21(30-20,6-8-29-31-22)16-15(20)18(27)25(19(16)28)13-5-4-11(10-23)17-12(13)3-2-7-24-17/h2-5,7,14,22,26-28H,6,8-9H2,1H3/t14-,20?,21?/m0/s1/i22T. The van der Waals surface area contributed by atoms with Crippen molar-refractivity contribution in [3.05, 3.63) is 47.2 Å². The van der Waals surface area contributed by atoms with Crippen LogP contribution in [0.1, 0.15) is 36.5 Å². The van der Waals surface area contributed by atoms with E-state index >= 15 is 0 Å². The molecule has 0 aliphatic carbocycles. The average molecular weight is 438 g/mol. The lowest BCUT2D eigenvalue weighted by molar-refractivity contribution is -0.107. The molecule has 1 fully saturated rings. The van der Waals surface area contributed by atoms with Crippen LogP contribution in [0.25, 0.3) is 16.6 Å². The number of aromatic hydroxyl groups is 2. The molecule has 0 amide bonds. The number of aromatic nitrogens is 2. The first kappa shape index (κ1) is 19.0. The molecule has 10 heteroatoms. The highest BCUT2D eigenvalue weighted by Crippen LogP contribution is 2.65. The molecule has 3 atom stereocenters. The molecule has 2 aliphatic rings. The van der Waals surface area contributed by atoms with Crippen LogP contribution >= 0.6 is 11.9 Å². The van der Waals surface area contributed by atoms with Gasteiger partial charge in [-0.1, -0.05) is 11.9 Å². The van der Waals surface area contributed by atoms with E-state index in [-0.39, 0.29) is 24.8 Å². The molecule has 8 nitrogen and oxygen atoms in total. The van der Waals surface area contributed by atoms with Gasteiger partial charge in [-0.25, -0.2) is 0 Å². The van der Waals surface area contributed by atoms with Gasteiger partial charge in [0.15, 0.2) is 0 Å². The molecule has 4 heterocycles. The van der Waals surface area contributed by atoms with Gasteiger partial charge in [0.1, 0.15) is 17.3 Å². The zero-order chi connectivity index (χ0) is 22.7. The zero-order valence-electron chi connectivity index (χ0n) is 17.6. The Morgan fingerprint density at radius 2 is 2.23 bits per heavy atom. The molecule has 3 N–H and O–H groups in total. The van der Waals surface area contributed by atoms with Crippen molar-refractivity contribution in [2.75, 3.05) is 6.61 Å². The lowest BCUT2D eigenvalue weighted by atomic mass is 9.76. The number of rotatable bonds is 6. The van der Waals surface area contributed by atoms with Crippen molar-refractivity contribution in [1.82, 2.24) is 9.55 Å². The van der Waals surface area contributed by atoms with Crippen molar-refractivity contribution in [3.63, 3.8) is 0 Å². The summed E-state index contributed by atoms with van der Waals surface area (Å²) in [6.07, 6.45) is 1.25. The fraction of sp³-hybridized carbons (Fsp3) is 0.333. The summed E-state index contributed by atoms with van der Waals surface area (Å²) in [4.78, 5) is 4.30. The Labute approximate surface area is 184 Å². The number of hydrogen-bond donors (Lipinski definition) is 3. The smallest absolute Gasteiger partial charge is 0.209 e. The fourth-order valence-corrected chi connectivity index (χ4v) is 5.23. The predicted octanol–water partition coefficient (Wildman–Crippen LogP) is 2.38. The molecule has 1 radical (unpaired) electrons. The third kappa shape index (κ3) is 2.58. The summed E-state index contributed by atoms with van der Waals surface area (Å²) in [6, 6.07) is 8.83. The highest BCUT2D eigenvalue weighted by atomic mass is 32.2. The number of hydrogen-bond acceptors (Lipinski definition) is 8. The number of fused-ring (bicyclic) bond motifs is 6. The lowest BCUT2D eigenvalue weighted by Crippen LogP contribution is -2.33. The minimum Gasteiger partial charge on any atom is -0.494 e. The molecule has 0 saturated carbocycles. The number of aliphatic hydroxyl groups is 1. The van der Waals surface area contributed by atoms with Gasteiger partial charge in [-0.2, -0.15) is 5.26 Å². The van der Waals surface area contributed by atoms with Crippen molar-refractivity contribution in [2.24, 2.45) is 0 Å². The number of ether oxygens (including phenoxy) is 1. The second-order valence-corrected chi connectivity index (χ2v) is 8.40. The van der Waals surface area contributed by atoms with Crippen molar-refractivity contribution in [1.29, 1.82) is 6.60 Å². The van der Waals surface area contributed by atoms with Crippen LogP contribution < -0.4 is 0 Å². The van der Waals surface area contributed by atoms with E-state index in [1.165, 1.54) is 4.57 Å². The zero-order valence-corrected chi connectivity index (χ0v) is 17.4. The highest BCUT2D eigenvalue weighted by molar-refractivity contribution is 8.15. The van der Waals surface area contributed by atoms with Crippen LogP contribution in [0.4, 0.5) is 0 Å². The SMILES string of the molecule is [3H][B]SOCCC12C[C@H](O)C(C)(O1)c1c2c(O)n(-c2ccc(C#N)c3ncccc23)c1O. The van der Waals surface area contributed by atoms with Gasteiger partial charge in [-0.3, -0.25) is 9.55 Å². The summed E-state index contributed by atoms with van der Waals surface area (Å²) < 4.78 is 20.0. The minimum atomic E-state index is -1.20. The van der Waals surface area contributed by atoms with Gasteiger partial charge in [0, 0.05) is 24.4 Å². The van der Waals surface area contributed by atoms with Gasteiger partial charge in [-0.05, 0) is 32.5 Å². The first-order valence-electron chi connectivity index (χ1n) is 10.3. The second-order valence-electron chi connectivity index (χ2n) is 7.97. The summed E-state index contributed by atoms with van der Waals surface area (Å²) in [6.45, 7) is 1.91. The minimum absolute atomic E-state index is 0.192. The Hall–Kier alpha value is -2.71. The lowest BCUT2D eigenvalue weighted by Gasteiger charge is -2.26. The number of nitrogens with zero attached hydrogens (tertiary/aromatic N) is 3. The van der Waals surface area contributed by atoms with Crippen LogP contribution in [-0.2, 0) is 20.1 Å². The monoisotopic (exact) mass is 438 g/mol. The Balaban J connectivity index is 1.70. The predicted molar refractivity (Wildman–Crippen MR) is 115 cm³/mol. The third-order valence-corrected chi connectivity index (χ3v) is 6.71. The molecule has 2 bridgehead atoms. The van der Waals surface area contributed by atoms with Crippen LogP contribution in [0.15, 0.2) is 30.5 Å². The Morgan fingerprint density at radius 1 is 1.42 bits per heavy atom. The molecule has 1 aromatic carbocycles. The largest absolute Gasteiger partial charge is 0.494 e. The number of aliphatic hydroxyl groups excluding tert-OH is 1. The van der Waals surface area contributed by atoms with E-state index in [9.17, 15) is 20.6 Å². The maximum absolute atomic E-state index is 11.3. The molecule has 2 aromatic heterocycles. The van der Waals surface area contributed by atoms with E-state index in [1.54, 1.807) is 37.4 Å². The van der Waals surface area contributed by atoms with Crippen molar-refractivity contribution in [3.8, 4) is 23.5 Å². The van der Waals surface area contributed by atoms with Gasteiger partial charge < -0.3 is 24.2 Å². The maximum atomic E-state index is 11.3. The molecule has 5 rings (SSSR count). The molecule has 2 unspecified atom stereocenters. The first-order chi connectivity index (χ1) is 15.4. The van der Waals surface area contributed by atoms with Crippen molar-refractivity contribution >= 4 is 29.9 Å². The van der Waals surface area contributed by atoms with Crippen LogP contribution in [-0.4, -0.2) is 46.0 Å². The topological polar surface area (TPSA) is 121 Å². The number of pyridine rings is 1. The molecule has 0 spiro atoms. The van der Waals surface area contributed by atoms with E-state index in [0.29, 0.717) is 39.7 Å². The van der Waals surface area contributed by atoms with E-state index < -0.39 is 17.3 Å². The van der Waals surface area contributed by atoms with Crippen LogP contribution in [0.3, 0.4) is 0 Å². The van der Waals surface area contributed by atoms with Crippen LogP contribution in [0.5, 0.6) is 11.8 Å². The molecule has 1 saturated heterocycles. The van der Waals surface area contributed by atoms with Gasteiger partial charge in [0.25, 0.3) is 0 Å². The average Bonchev–Trinajstić information content (AvgIpc) is 3.32. The fourth-order valence-electron chi connectivity index (χ4n) is 5.05. The van der Waals surface area contributed by atoms with Crippen LogP contribution in [0.2, 0.25) is 0 Å². The van der Waals surface area contributed by atoms with Gasteiger partial charge in [0.05, 0.1) is 40.6 Å². The Morgan fingerprint density at radius 3 is 3.00 bits per heavy atom. The molecule has 31 heavy (non-hydrogen) atoms. The van der Waals surface area contributed by atoms with Gasteiger partial charge >= 0.3 is 0 Å². The number of nitriles is 1. The van der Waals surface area contributed by atoms with E-state index in [2.05, 4.69) is 11.1 Å². The summed E-state index contributed by atoms with van der Waals surface area (Å²) >= 11 is 0.883. The molecule has 3 aromatic rings. The maximum Gasteiger partial charge on any atom is 0.209 e. The van der Waals surface area contributed by atoms with Gasteiger partial charge in [-0.15, -0.1) is 0 Å². The molecular formula is C21H19BN3O5S. The molecular weight excluding hydrogens is 417 g/mol. The van der Waals surface area contributed by atoms with Crippen molar-refractivity contribution in [2.45, 2.75) is 37.1 Å². The van der Waals surface area contributed by atoms with E-state index in [0.717, 1.165) is 19.0 Å². The van der Waals surface area contributed by atoms with E-state index in [4.69, 9.17) is 10.3 Å². The Bertz CT molecular complexity index is 1280. The highest BCUT2D eigenvalue weighted by Gasteiger charge is 2.66. The number of benzene rings is 1. The molecule has 2 aliphatic heterocycles. The normalized spacial score (nSPS) is 26.6. The van der Waals surface area contributed by atoms with Crippen LogP contribution in [0, 0.1) is 11.3 Å². The summed E-state index contributed by atoms with van der Waals surface area (Å²) in [7, 11) is 1.07. The molecule has 157 valence electrons. The van der Waals surface area contributed by atoms with Gasteiger partial charge in [0.2, 0.25) is 18.8 Å². The summed E-state index contributed by atoms with van der Waals surface area (Å²) in [5, 5.41) is 43.4. The quantitative estimate of drug-likeness (QED) is 0.305. The Kier molecular flexibility index (Phi) is 4.23. The third-order valence-electron chi connectivity index (χ3n) is 6.40. The first-order valence-corrected chi connectivity index (χ1v) is 10.5. The summed E-state index contributed by atoms with van der Waals surface area (Å²) in [5.41, 5.74) is -0.178.